The minimum Gasteiger partial charge on any atom is -0.494 e. The zero-order chi connectivity index (χ0) is 23.8. The van der Waals surface area contributed by atoms with E-state index < -0.39 is 22.5 Å². The van der Waals surface area contributed by atoms with Crippen molar-refractivity contribution in [1.82, 2.24) is 5.43 Å². The number of nitrogens with zero attached hydrogens (tertiary/aromatic N) is 2. The fourth-order valence-electron chi connectivity index (χ4n) is 3.20. The number of sulfonamides is 1. The van der Waals surface area contributed by atoms with Gasteiger partial charge in [-0.2, -0.15) is 5.10 Å². The van der Waals surface area contributed by atoms with Crippen LogP contribution in [-0.4, -0.2) is 33.2 Å². The number of hydrogen-bond donors (Lipinski definition) is 1. The van der Waals surface area contributed by atoms with Gasteiger partial charge in [0.25, 0.3) is 15.9 Å². The molecular formula is C25H27N3O4S. The van der Waals surface area contributed by atoms with Crippen LogP contribution in [0.4, 0.5) is 5.69 Å². The Labute approximate surface area is 194 Å². The third-order valence-corrected chi connectivity index (χ3v) is 6.71. The number of nitrogens with one attached hydrogen (secondary N) is 1. The Morgan fingerprint density at radius 1 is 0.970 bits per heavy atom. The van der Waals surface area contributed by atoms with Crippen molar-refractivity contribution in [2.45, 2.75) is 25.7 Å². The minimum absolute atomic E-state index is 0.107. The number of anilines is 1. The Balaban J connectivity index is 1.82. The molecule has 0 unspecified atom stereocenters. The molecule has 0 aliphatic heterocycles. The summed E-state index contributed by atoms with van der Waals surface area (Å²) in [6.45, 7) is 5.63. The van der Waals surface area contributed by atoms with Gasteiger partial charge in [0.2, 0.25) is 0 Å². The smallest absolute Gasteiger partial charge is 0.264 e. The highest BCUT2D eigenvalue weighted by molar-refractivity contribution is 7.92. The molecular weight excluding hydrogens is 438 g/mol. The molecule has 3 rings (SSSR count). The lowest BCUT2D eigenvalue weighted by atomic mass is 10.1. The van der Waals surface area contributed by atoms with Crippen LogP contribution in [-0.2, 0) is 14.8 Å². The fourth-order valence-corrected chi connectivity index (χ4v) is 4.70. The first-order chi connectivity index (χ1) is 15.8. The number of hydrogen-bond acceptors (Lipinski definition) is 5. The molecule has 0 saturated heterocycles. The summed E-state index contributed by atoms with van der Waals surface area (Å²) in [7, 11) is -3.96. The molecule has 0 saturated carbocycles. The molecule has 0 aromatic heterocycles. The highest BCUT2D eigenvalue weighted by atomic mass is 32.2. The lowest BCUT2D eigenvalue weighted by Gasteiger charge is -2.25. The molecule has 7 nitrogen and oxygen atoms in total. The first kappa shape index (κ1) is 24.0. The lowest BCUT2D eigenvalue weighted by molar-refractivity contribution is -0.119. The van der Waals surface area contributed by atoms with Gasteiger partial charge in [-0.1, -0.05) is 36.4 Å². The SMILES string of the molecule is CCOc1ccc(/C(C)=N/NC(=O)CN(c2ccccc2C)S(=O)(=O)c2ccccc2)cc1. The second kappa shape index (κ2) is 10.8. The van der Waals surface area contributed by atoms with Crippen molar-refractivity contribution in [3.63, 3.8) is 0 Å². The summed E-state index contributed by atoms with van der Waals surface area (Å²) in [6.07, 6.45) is 0. The van der Waals surface area contributed by atoms with Gasteiger partial charge in [-0.05, 0) is 74.4 Å². The number of aryl methyl sites for hydroxylation is 1. The van der Waals surface area contributed by atoms with Crippen LogP contribution in [0, 0.1) is 6.92 Å². The second-order valence-corrected chi connectivity index (χ2v) is 9.16. The van der Waals surface area contributed by atoms with Gasteiger partial charge in [-0.15, -0.1) is 0 Å². The van der Waals surface area contributed by atoms with Gasteiger partial charge in [0.1, 0.15) is 12.3 Å². The van der Waals surface area contributed by atoms with E-state index in [2.05, 4.69) is 10.5 Å². The van der Waals surface area contributed by atoms with Crippen molar-refractivity contribution < 1.29 is 17.9 Å². The number of rotatable bonds is 9. The Hall–Kier alpha value is -3.65. The molecule has 33 heavy (non-hydrogen) atoms. The fraction of sp³-hybridized carbons (Fsp3) is 0.200. The number of hydrazone groups is 1. The van der Waals surface area contributed by atoms with Gasteiger partial charge in [-0.3, -0.25) is 9.10 Å². The molecule has 3 aromatic rings. The Kier molecular flexibility index (Phi) is 7.84. The van der Waals surface area contributed by atoms with E-state index in [4.69, 9.17) is 4.74 Å². The van der Waals surface area contributed by atoms with E-state index in [-0.39, 0.29) is 4.90 Å². The minimum atomic E-state index is -3.96. The molecule has 0 aliphatic carbocycles. The summed E-state index contributed by atoms with van der Waals surface area (Å²) in [6, 6.07) is 22.4. The number of benzene rings is 3. The van der Waals surface area contributed by atoms with Crippen molar-refractivity contribution in [1.29, 1.82) is 0 Å². The highest BCUT2D eigenvalue weighted by Crippen LogP contribution is 2.26. The third-order valence-electron chi connectivity index (χ3n) is 4.93. The average Bonchev–Trinajstić information content (AvgIpc) is 2.83. The van der Waals surface area contributed by atoms with Gasteiger partial charge in [0.05, 0.1) is 22.9 Å². The maximum absolute atomic E-state index is 13.4. The van der Waals surface area contributed by atoms with Crippen LogP contribution >= 0.6 is 0 Å². The van der Waals surface area contributed by atoms with E-state index in [1.165, 1.54) is 12.1 Å². The third kappa shape index (κ3) is 5.98. The van der Waals surface area contributed by atoms with Crippen LogP contribution in [0.2, 0.25) is 0 Å². The van der Waals surface area contributed by atoms with Crippen molar-refractivity contribution in [2.24, 2.45) is 5.10 Å². The summed E-state index contributed by atoms with van der Waals surface area (Å²) in [5.74, 6) is 0.195. The van der Waals surface area contributed by atoms with Crippen LogP contribution in [0.25, 0.3) is 0 Å². The normalized spacial score (nSPS) is 11.7. The molecule has 0 heterocycles. The number of amides is 1. The zero-order valence-electron chi connectivity index (χ0n) is 18.9. The summed E-state index contributed by atoms with van der Waals surface area (Å²) in [5, 5.41) is 4.15. The van der Waals surface area contributed by atoms with Gasteiger partial charge in [0, 0.05) is 0 Å². The van der Waals surface area contributed by atoms with Crippen LogP contribution in [0.1, 0.15) is 25.0 Å². The van der Waals surface area contributed by atoms with E-state index >= 15 is 0 Å². The average molecular weight is 466 g/mol. The molecule has 0 aliphatic rings. The molecule has 0 bridgehead atoms. The number of carbonyl (C=O) groups excluding carboxylic acids is 1. The number of para-hydroxylation sites is 1. The Bertz CT molecular complexity index is 1220. The first-order valence-corrected chi connectivity index (χ1v) is 12.0. The molecule has 0 fully saturated rings. The topological polar surface area (TPSA) is 88.1 Å². The van der Waals surface area contributed by atoms with Crippen molar-refractivity contribution in [3.8, 4) is 5.75 Å². The summed E-state index contributed by atoms with van der Waals surface area (Å²) >= 11 is 0. The van der Waals surface area contributed by atoms with E-state index in [1.54, 1.807) is 50.2 Å². The molecule has 3 aromatic carbocycles. The molecule has 0 atom stereocenters. The predicted octanol–water partition coefficient (Wildman–Crippen LogP) is 4.13. The number of ether oxygens (including phenoxy) is 1. The van der Waals surface area contributed by atoms with E-state index in [0.29, 0.717) is 18.0 Å². The van der Waals surface area contributed by atoms with E-state index in [0.717, 1.165) is 21.2 Å². The number of carbonyl (C=O) groups is 1. The molecule has 1 amide bonds. The van der Waals surface area contributed by atoms with Crippen LogP contribution in [0.15, 0.2) is 88.9 Å². The van der Waals surface area contributed by atoms with E-state index in [9.17, 15) is 13.2 Å². The van der Waals surface area contributed by atoms with Crippen molar-refractivity contribution >= 4 is 27.3 Å². The van der Waals surface area contributed by atoms with Crippen molar-refractivity contribution in [3.05, 3.63) is 90.0 Å². The van der Waals surface area contributed by atoms with Crippen LogP contribution < -0.4 is 14.5 Å². The summed E-state index contributed by atoms with van der Waals surface area (Å²) in [5.41, 5.74) is 5.04. The molecule has 8 heteroatoms. The molecule has 0 radical (unpaired) electrons. The molecule has 172 valence electrons. The second-order valence-electron chi connectivity index (χ2n) is 7.30. The van der Waals surface area contributed by atoms with Gasteiger partial charge < -0.3 is 4.74 Å². The Morgan fingerprint density at radius 3 is 2.24 bits per heavy atom. The quantitative estimate of drug-likeness (QED) is 0.380. The van der Waals surface area contributed by atoms with Crippen LogP contribution in [0.3, 0.4) is 0 Å². The van der Waals surface area contributed by atoms with Gasteiger partial charge in [0.15, 0.2) is 0 Å². The van der Waals surface area contributed by atoms with E-state index in [1.807, 2.05) is 37.3 Å². The molecule has 1 N–H and O–H groups in total. The maximum atomic E-state index is 13.4. The highest BCUT2D eigenvalue weighted by Gasteiger charge is 2.28. The van der Waals surface area contributed by atoms with Gasteiger partial charge in [-0.25, -0.2) is 13.8 Å². The molecule has 0 spiro atoms. The summed E-state index contributed by atoms with van der Waals surface area (Å²) in [4.78, 5) is 12.9. The van der Waals surface area contributed by atoms with Crippen molar-refractivity contribution in [2.75, 3.05) is 17.5 Å². The standard InChI is InChI=1S/C25H27N3O4S/c1-4-32-22-16-14-21(15-17-22)20(3)26-27-25(29)18-28(24-13-9-8-10-19(24)2)33(30,31)23-11-6-5-7-12-23/h5-17H,4,18H2,1-3H3,(H,27,29)/b26-20+. The predicted molar refractivity (Wildman–Crippen MR) is 130 cm³/mol. The first-order valence-electron chi connectivity index (χ1n) is 10.5. The monoisotopic (exact) mass is 465 g/mol. The zero-order valence-corrected chi connectivity index (χ0v) is 19.7. The largest absolute Gasteiger partial charge is 0.494 e. The summed E-state index contributed by atoms with van der Waals surface area (Å²) < 4.78 is 33.3. The lowest BCUT2D eigenvalue weighted by Crippen LogP contribution is -2.40. The van der Waals surface area contributed by atoms with Gasteiger partial charge >= 0.3 is 0 Å². The van der Waals surface area contributed by atoms with Crippen LogP contribution in [0.5, 0.6) is 5.75 Å². The Morgan fingerprint density at radius 2 is 1.61 bits per heavy atom. The maximum Gasteiger partial charge on any atom is 0.264 e.